The van der Waals surface area contributed by atoms with Gasteiger partial charge in [-0.1, -0.05) is 26.0 Å². The predicted molar refractivity (Wildman–Crippen MR) is 84.8 cm³/mol. The Morgan fingerprint density at radius 3 is 2.25 bits per heavy atom. The van der Waals surface area contributed by atoms with Crippen molar-refractivity contribution in [2.24, 2.45) is 5.92 Å². The van der Waals surface area contributed by atoms with E-state index < -0.39 is 0 Å². The van der Waals surface area contributed by atoms with Gasteiger partial charge in [0.1, 0.15) is 0 Å². The molecule has 0 aromatic heterocycles. The summed E-state index contributed by atoms with van der Waals surface area (Å²) in [6.07, 6.45) is 0. The molecule has 0 aliphatic heterocycles. The summed E-state index contributed by atoms with van der Waals surface area (Å²) in [6.45, 7) is 7.87. The third-order valence-corrected chi connectivity index (χ3v) is 3.21. The number of anilines is 1. The first kappa shape index (κ1) is 16.7. The topological polar surface area (TPSA) is 44.4 Å². The molecule has 20 heavy (non-hydrogen) atoms. The van der Waals surface area contributed by atoms with E-state index in [0.29, 0.717) is 12.0 Å². The van der Waals surface area contributed by atoms with Crippen molar-refractivity contribution in [3.63, 3.8) is 0 Å². The van der Waals surface area contributed by atoms with Crippen LogP contribution in [-0.4, -0.2) is 37.5 Å². The van der Waals surface area contributed by atoms with Gasteiger partial charge in [-0.3, -0.25) is 4.79 Å². The molecule has 2 N–H and O–H groups in total. The Balaban J connectivity index is 2.53. The van der Waals surface area contributed by atoms with Crippen LogP contribution in [0.3, 0.4) is 0 Å². The summed E-state index contributed by atoms with van der Waals surface area (Å²) in [6, 6.07) is 8.44. The van der Waals surface area contributed by atoms with Crippen LogP contribution in [0.4, 0.5) is 5.69 Å². The molecule has 0 saturated carbocycles. The van der Waals surface area contributed by atoms with E-state index in [9.17, 15) is 4.79 Å². The number of hydrogen-bond acceptors (Lipinski definition) is 3. The van der Waals surface area contributed by atoms with Crippen LogP contribution in [0.25, 0.3) is 0 Å². The van der Waals surface area contributed by atoms with Crippen molar-refractivity contribution in [1.29, 1.82) is 0 Å². The maximum absolute atomic E-state index is 11.0. The summed E-state index contributed by atoms with van der Waals surface area (Å²) in [7, 11) is 4.19. The summed E-state index contributed by atoms with van der Waals surface area (Å²) >= 11 is 0. The molecule has 112 valence electrons. The van der Waals surface area contributed by atoms with Gasteiger partial charge in [-0.05, 0) is 37.7 Å². The van der Waals surface area contributed by atoms with Crippen LogP contribution in [0.1, 0.15) is 26.3 Å². The van der Waals surface area contributed by atoms with Gasteiger partial charge in [-0.15, -0.1) is 0 Å². The van der Waals surface area contributed by atoms with E-state index in [1.54, 1.807) is 0 Å². The van der Waals surface area contributed by atoms with Crippen molar-refractivity contribution < 1.29 is 4.79 Å². The van der Waals surface area contributed by atoms with E-state index >= 15 is 0 Å². The Hall–Kier alpha value is -1.39. The molecule has 0 radical (unpaired) electrons. The normalized spacial score (nSPS) is 12.8. The lowest BCUT2D eigenvalue weighted by Crippen LogP contribution is -2.41. The number of rotatable bonds is 7. The zero-order valence-corrected chi connectivity index (χ0v) is 13.2. The standard InChI is InChI=1S/C16H27N3O/c1-12(2)16(11-19(4)5)17-10-14-6-8-15(9-7-14)18-13(3)20/h6-9,12,16-17H,10-11H2,1-5H3,(H,18,20). The summed E-state index contributed by atoms with van der Waals surface area (Å²) < 4.78 is 0. The summed E-state index contributed by atoms with van der Waals surface area (Å²) in [5, 5.41) is 6.37. The predicted octanol–water partition coefficient (Wildman–Crippen LogP) is 2.32. The molecule has 0 aliphatic rings. The van der Waals surface area contributed by atoms with Gasteiger partial charge in [-0.2, -0.15) is 0 Å². The van der Waals surface area contributed by atoms with Crippen molar-refractivity contribution in [2.75, 3.05) is 26.0 Å². The number of amides is 1. The highest BCUT2D eigenvalue weighted by atomic mass is 16.1. The SMILES string of the molecule is CC(=O)Nc1ccc(CNC(CN(C)C)C(C)C)cc1. The van der Waals surface area contributed by atoms with Gasteiger partial charge in [0.2, 0.25) is 5.91 Å². The van der Waals surface area contributed by atoms with Gasteiger partial charge in [0, 0.05) is 31.7 Å². The highest BCUT2D eigenvalue weighted by molar-refractivity contribution is 5.88. The lowest BCUT2D eigenvalue weighted by molar-refractivity contribution is -0.114. The molecular weight excluding hydrogens is 250 g/mol. The van der Waals surface area contributed by atoms with Crippen LogP contribution in [0.2, 0.25) is 0 Å². The second-order valence-electron chi connectivity index (χ2n) is 5.87. The maximum Gasteiger partial charge on any atom is 0.221 e. The molecule has 4 nitrogen and oxygen atoms in total. The number of benzene rings is 1. The Morgan fingerprint density at radius 2 is 1.80 bits per heavy atom. The number of nitrogens with one attached hydrogen (secondary N) is 2. The molecule has 4 heteroatoms. The molecule has 0 fully saturated rings. The fraction of sp³-hybridized carbons (Fsp3) is 0.562. The molecule has 0 saturated heterocycles. The molecule has 1 aromatic rings. The zero-order valence-electron chi connectivity index (χ0n) is 13.2. The highest BCUT2D eigenvalue weighted by Crippen LogP contribution is 2.10. The fourth-order valence-electron chi connectivity index (χ4n) is 2.06. The van der Waals surface area contributed by atoms with Gasteiger partial charge in [0.25, 0.3) is 0 Å². The lowest BCUT2D eigenvalue weighted by atomic mass is 10.0. The zero-order chi connectivity index (χ0) is 15.1. The van der Waals surface area contributed by atoms with Crippen LogP contribution < -0.4 is 10.6 Å². The highest BCUT2D eigenvalue weighted by Gasteiger charge is 2.13. The maximum atomic E-state index is 11.0. The van der Waals surface area contributed by atoms with Crippen molar-refractivity contribution in [2.45, 2.75) is 33.4 Å². The molecular formula is C16H27N3O. The van der Waals surface area contributed by atoms with E-state index in [0.717, 1.165) is 18.8 Å². The third kappa shape index (κ3) is 6.17. The van der Waals surface area contributed by atoms with E-state index in [4.69, 9.17) is 0 Å². The van der Waals surface area contributed by atoms with Gasteiger partial charge >= 0.3 is 0 Å². The molecule has 1 atom stereocenters. The van der Waals surface area contributed by atoms with Crippen molar-refractivity contribution in [3.05, 3.63) is 29.8 Å². The Labute approximate surface area is 122 Å². The van der Waals surface area contributed by atoms with Crippen LogP contribution in [-0.2, 0) is 11.3 Å². The molecule has 0 aliphatic carbocycles. The second kappa shape index (κ2) is 8.02. The van der Waals surface area contributed by atoms with E-state index in [1.807, 2.05) is 24.3 Å². The van der Waals surface area contributed by atoms with Crippen molar-refractivity contribution in [1.82, 2.24) is 10.2 Å². The molecule has 0 bridgehead atoms. The molecule has 1 amide bonds. The minimum atomic E-state index is -0.0401. The van der Waals surface area contributed by atoms with Crippen LogP contribution in [0.5, 0.6) is 0 Å². The first-order valence-corrected chi connectivity index (χ1v) is 7.13. The Kier molecular flexibility index (Phi) is 6.68. The number of likely N-dealkylation sites (N-methyl/N-ethyl adjacent to an activating group) is 1. The van der Waals surface area contributed by atoms with Gasteiger partial charge < -0.3 is 15.5 Å². The van der Waals surface area contributed by atoms with Crippen LogP contribution in [0.15, 0.2) is 24.3 Å². The van der Waals surface area contributed by atoms with Gasteiger partial charge in [0.15, 0.2) is 0 Å². The second-order valence-corrected chi connectivity index (χ2v) is 5.87. The third-order valence-electron chi connectivity index (χ3n) is 3.21. The van der Waals surface area contributed by atoms with E-state index in [-0.39, 0.29) is 5.91 Å². The fourth-order valence-corrected chi connectivity index (χ4v) is 2.06. The Bertz CT molecular complexity index is 412. The largest absolute Gasteiger partial charge is 0.326 e. The average Bonchev–Trinajstić information content (AvgIpc) is 2.34. The average molecular weight is 277 g/mol. The van der Waals surface area contributed by atoms with Crippen molar-refractivity contribution in [3.8, 4) is 0 Å². The quantitative estimate of drug-likeness (QED) is 0.804. The van der Waals surface area contributed by atoms with Crippen LogP contribution >= 0.6 is 0 Å². The number of nitrogens with zero attached hydrogens (tertiary/aromatic N) is 1. The van der Waals surface area contributed by atoms with E-state index in [2.05, 4.69) is 43.5 Å². The monoisotopic (exact) mass is 277 g/mol. The minimum absolute atomic E-state index is 0.0401. The Morgan fingerprint density at radius 1 is 1.20 bits per heavy atom. The summed E-state index contributed by atoms with van der Waals surface area (Å²) in [5.41, 5.74) is 2.07. The number of carbonyl (C=O) groups is 1. The van der Waals surface area contributed by atoms with Gasteiger partial charge in [0.05, 0.1) is 0 Å². The van der Waals surface area contributed by atoms with Crippen molar-refractivity contribution >= 4 is 11.6 Å². The molecule has 1 rings (SSSR count). The van der Waals surface area contributed by atoms with Gasteiger partial charge in [-0.25, -0.2) is 0 Å². The smallest absolute Gasteiger partial charge is 0.221 e. The minimum Gasteiger partial charge on any atom is -0.326 e. The lowest BCUT2D eigenvalue weighted by Gasteiger charge is -2.25. The molecule has 0 heterocycles. The van der Waals surface area contributed by atoms with E-state index in [1.165, 1.54) is 12.5 Å². The summed E-state index contributed by atoms with van der Waals surface area (Å²) in [5.74, 6) is 0.554. The summed E-state index contributed by atoms with van der Waals surface area (Å²) in [4.78, 5) is 13.2. The molecule has 1 unspecified atom stereocenters. The molecule has 0 spiro atoms. The number of hydrogen-bond donors (Lipinski definition) is 2. The first-order valence-electron chi connectivity index (χ1n) is 7.13. The first-order chi connectivity index (χ1) is 9.38. The van der Waals surface area contributed by atoms with Crippen LogP contribution in [0, 0.1) is 5.92 Å². The number of carbonyl (C=O) groups excluding carboxylic acids is 1. The molecule has 1 aromatic carbocycles.